The summed E-state index contributed by atoms with van der Waals surface area (Å²) >= 11 is 0. The zero-order chi connectivity index (χ0) is 19.0. The Hall–Kier alpha value is -1.63. The molecule has 7 nitrogen and oxygen atoms in total. The molecule has 0 amide bonds. The Labute approximate surface area is 154 Å². The second-order valence-electron chi connectivity index (χ2n) is 7.07. The summed E-state index contributed by atoms with van der Waals surface area (Å²) in [4.78, 5) is 35.9. The maximum atomic E-state index is 12.2. The molecule has 2 saturated heterocycles. The van der Waals surface area contributed by atoms with Crippen LogP contribution in [0.3, 0.4) is 0 Å². The van der Waals surface area contributed by atoms with E-state index < -0.39 is 23.8 Å². The normalized spacial score (nSPS) is 27.5. The monoisotopic (exact) mass is 370 g/mol. The molecule has 7 heteroatoms. The molecule has 2 aliphatic rings. The fourth-order valence-electron chi connectivity index (χ4n) is 3.33. The van der Waals surface area contributed by atoms with E-state index in [1.54, 1.807) is 0 Å². The number of hydrogen-bond donors (Lipinski definition) is 0. The SMILES string of the molecule is CCCCCC(=O)O[C@@H]1CO[C@@]2(COC(=O)C2)[C@H]1OC(=O)CCCCC. The minimum absolute atomic E-state index is 0.00376. The van der Waals surface area contributed by atoms with E-state index in [2.05, 4.69) is 13.8 Å². The first-order valence-corrected chi connectivity index (χ1v) is 9.69. The van der Waals surface area contributed by atoms with E-state index in [1.807, 2.05) is 0 Å². The van der Waals surface area contributed by atoms with Crippen molar-refractivity contribution in [1.82, 2.24) is 0 Å². The van der Waals surface area contributed by atoms with Crippen molar-refractivity contribution in [1.29, 1.82) is 0 Å². The van der Waals surface area contributed by atoms with Crippen molar-refractivity contribution >= 4 is 17.9 Å². The van der Waals surface area contributed by atoms with Gasteiger partial charge < -0.3 is 18.9 Å². The number of cyclic esters (lactones) is 1. The van der Waals surface area contributed by atoms with Gasteiger partial charge in [-0.1, -0.05) is 39.5 Å². The first-order valence-electron chi connectivity index (χ1n) is 9.69. The van der Waals surface area contributed by atoms with E-state index >= 15 is 0 Å². The molecule has 2 heterocycles. The molecule has 2 fully saturated rings. The molecule has 2 aliphatic heterocycles. The molecule has 0 saturated carbocycles. The lowest BCUT2D eigenvalue weighted by atomic mass is 9.94. The lowest BCUT2D eigenvalue weighted by Gasteiger charge is -2.28. The third kappa shape index (κ3) is 5.43. The number of hydrogen-bond acceptors (Lipinski definition) is 7. The van der Waals surface area contributed by atoms with Crippen molar-refractivity contribution in [2.45, 2.75) is 89.4 Å². The van der Waals surface area contributed by atoms with Gasteiger partial charge in [0.1, 0.15) is 6.61 Å². The predicted molar refractivity (Wildman–Crippen MR) is 92.3 cm³/mol. The first kappa shape index (κ1) is 20.7. The topological polar surface area (TPSA) is 88.1 Å². The van der Waals surface area contributed by atoms with Crippen LogP contribution >= 0.6 is 0 Å². The summed E-state index contributed by atoms with van der Waals surface area (Å²) in [6.07, 6.45) is 4.54. The molecule has 0 N–H and O–H groups in total. The van der Waals surface area contributed by atoms with Gasteiger partial charge in [0, 0.05) is 12.8 Å². The molecule has 0 aliphatic carbocycles. The Kier molecular flexibility index (Phi) is 7.87. The summed E-state index contributed by atoms with van der Waals surface area (Å²) in [6, 6.07) is 0. The van der Waals surface area contributed by atoms with Crippen LogP contribution in [0.1, 0.15) is 71.6 Å². The van der Waals surface area contributed by atoms with E-state index in [9.17, 15) is 14.4 Å². The quantitative estimate of drug-likeness (QED) is 0.332. The third-order valence-electron chi connectivity index (χ3n) is 4.82. The molecule has 0 aromatic rings. The van der Waals surface area contributed by atoms with Gasteiger partial charge in [0.05, 0.1) is 13.0 Å². The molecule has 26 heavy (non-hydrogen) atoms. The lowest BCUT2D eigenvalue weighted by Crippen LogP contribution is -2.48. The Morgan fingerprint density at radius 1 is 1.04 bits per heavy atom. The van der Waals surface area contributed by atoms with Crippen LogP contribution in [0, 0.1) is 0 Å². The van der Waals surface area contributed by atoms with E-state index in [4.69, 9.17) is 18.9 Å². The summed E-state index contributed by atoms with van der Waals surface area (Å²) < 4.78 is 21.9. The molecule has 0 bridgehead atoms. The summed E-state index contributed by atoms with van der Waals surface area (Å²) in [5, 5.41) is 0. The van der Waals surface area contributed by atoms with Crippen LogP contribution < -0.4 is 0 Å². The van der Waals surface area contributed by atoms with Gasteiger partial charge in [0.15, 0.2) is 17.8 Å². The van der Waals surface area contributed by atoms with Crippen LogP contribution in [-0.2, 0) is 33.3 Å². The van der Waals surface area contributed by atoms with Crippen molar-refractivity contribution in [3.63, 3.8) is 0 Å². The van der Waals surface area contributed by atoms with Gasteiger partial charge in [-0.2, -0.15) is 0 Å². The van der Waals surface area contributed by atoms with Gasteiger partial charge in [-0.05, 0) is 12.8 Å². The molecule has 1 spiro atoms. The van der Waals surface area contributed by atoms with Gasteiger partial charge >= 0.3 is 17.9 Å². The number of ether oxygens (including phenoxy) is 4. The van der Waals surface area contributed by atoms with Crippen LogP contribution in [0.15, 0.2) is 0 Å². The maximum absolute atomic E-state index is 12.2. The number of unbranched alkanes of at least 4 members (excludes halogenated alkanes) is 4. The standard InChI is InChI=1S/C19H30O7/c1-3-5-7-9-15(20)25-14-12-24-19(11-17(22)23-13-19)18(14)26-16(21)10-8-6-4-2/h14,18H,3-13H2,1-2H3/t14-,18+,19+/m1/s1. The van der Waals surface area contributed by atoms with Gasteiger partial charge in [0.2, 0.25) is 0 Å². The van der Waals surface area contributed by atoms with Gasteiger partial charge in [0.25, 0.3) is 0 Å². The van der Waals surface area contributed by atoms with Gasteiger partial charge in [-0.15, -0.1) is 0 Å². The average molecular weight is 370 g/mol. The molecule has 2 rings (SSSR count). The minimum Gasteiger partial charge on any atom is -0.462 e. The van der Waals surface area contributed by atoms with Crippen LogP contribution in [0.25, 0.3) is 0 Å². The highest BCUT2D eigenvalue weighted by Gasteiger charge is 2.59. The third-order valence-corrected chi connectivity index (χ3v) is 4.82. The van der Waals surface area contributed by atoms with Crippen molar-refractivity contribution in [3.05, 3.63) is 0 Å². The van der Waals surface area contributed by atoms with E-state index in [0.29, 0.717) is 12.8 Å². The molecule has 148 valence electrons. The Morgan fingerprint density at radius 2 is 1.65 bits per heavy atom. The summed E-state index contributed by atoms with van der Waals surface area (Å²) in [5.41, 5.74) is -1.04. The molecule has 0 unspecified atom stereocenters. The van der Waals surface area contributed by atoms with E-state index in [0.717, 1.165) is 38.5 Å². The number of rotatable bonds is 10. The largest absolute Gasteiger partial charge is 0.462 e. The smallest absolute Gasteiger partial charge is 0.309 e. The number of carbonyl (C=O) groups excluding carboxylic acids is 3. The summed E-state index contributed by atoms with van der Waals surface area (Å²) in [5.74, 6) is -1.09. The zero-order valence-corrected chi connectivity index (χ0v) is 15.8. The van der Waals surface area contributed by atoms with Crippen molar-refractivity contribution in [2.24, 2.45) is 0 Å². The van der Waals surface area contributed by atoms with E-state index in [-0.39, 0.29) is 31.6 Å². The van der Waals surface area contributed by atoms with E-state index in [1.165, 1.54) is 0 Å². The molecular formula is C19H30O7. The first-order chi connectivity index (χ1) is 12.5. The summed E-state index contributed by atoms with van der Waals surface area (Å²) in [6.45, 7) is 4.23. The Bertz CT molecular complexity index is 504. The van der Waals surface area contributed by atoms with Crippen molar-refractivity contribution in [2.75, 3.05) is 13.2 Å². The zero-order valence-electron chi connectivity index (χ0n) is 15.8. The summed E-state index contributed by atoms with van der Waals surface area (Å²) in [7, 11) is 0. The highest BCUT2D eigenvalue weighted by molar-refractivity contribution is 5.74. The van der Waals surface area contributed by atoms with Gasteiger partial charge in [-0.25, -0.2) is 0 Å². The molecule has 0 aromatic carbocycles. The van der Waals surface area contributed by atoms with Gasteiger partial charge in [-0.3, -0.25) is 14.4 Å². The fourth-order valence-corrected chi connectivity index (χ4v) is 3.33. The Balaban J connectivity index is 1.98. The van der Waals surface area contributed by atoms with Crippen molar-refractivity contribution < 1.29 is 33.3 Å². The lowest BCUT2D eigenvalue weighted by molar-refractivity contribution is -0.171. The number of esters is 3. The van der Waals surface area contributed by atoms with Crippen LogP contribution in [0.2, 0.25) is 0 Å². The molecular weight excluding hydrogens is 340 g/mol. The van der Waals surface area contributed by atoms with Crippen LogP contribution in [-0.4, -0.2) is 48.9 Å². The van der Waals surface area contributed by atoms with Crippen LogP contribution in [0.5, 0.6) is 0 Å². The second-order valence-corrected chi connectivity index (χ2v) is 7.07. The minimum atomic E-state index is -1.04. The highest BCUT2D eigenvalue weighted by atomic mass is 16.7. The number of carbonyl (C=O) groups is 3. The average Bonchev–Trinajstić information content (AvgIpc) is 3.13. The van der Waals surface area contributed by atoms with Crippen LogP contribution in [0.4, 0.5) is 0 Å². The highest BCUT2D eigenvalue weighted by Crippen LogP contribution is 2.38. The fraction of sp³-hybridized carbons (Fsp3) is 0.842. The maximum Gasteiger partial charge on any atom is 0.309 e. The second kappa shape index (κ2) is 9.90. The molecule has 0 aromatic heterocycles. The molecule has 3 atom stereocenters. The molecule has 0 radical (unpaired) electrons. The van der Waals surface area contributed by atoms with Crippen molar-refractivity contribution in [3.8, 4) is 0 Å². The predicted octanol–water partition coefficient (Wildman–Crippen LogP) is 2.69. The Morgan fingerprint density at radius 3 is 2.19 bits per heavy atom.